The molecule has 1 aromatic heterocycles. The highest BCUT2D eigenvalue weighted by Crippen LogP contribution is 2.15. The number of nitrogens with zero attached hydrogens (tertiary/aromatic N) is 2. The van der Waals surface area contributed by atoms with E-state index < -0.39 is 12.8 Å². The van der Waals surface area contributed by atoms with Crippen molar-refractivity contribution in [3.63, 3.8) is 0 Å². The van der Waals surface area contributed by atoms with Gasteiger partial charge in [-0.05, 0) is 12.3 Å². The summed E-state index contributed by atoms with van der Waals surface area (Å²) in [7, 11) is 0. The summed E-state index contributed by atoms with van der Waals surface area (Å²) in [4.78, 5) is 7.94. The average molecular weight is 263 g/mol. The summed E-state index contributed by atoms with van der Waals surface area (Å²) >= 11 is 0. The van der Waals surface area contributed by atoms with Gasteiger partial charge in [0.2, 0.25) is 0 Å². The average Bonchev–Trinajstić information content (AvgIpc) is 2.12. The van der Waals surface area contributed by atoms with E-state index in [1.54, 1.807) is 6.07 Å². The molecule has 1 heterocycles. The van der Waals surface area contributed by atoms with Crippen LogP contribution in [-0.4, -0.2) is 22.8 Å². The van der Waals surface area contributed by atoms with Gasteiger partial charge < -0.3 is 10.5 Å². The van der Waals surface area contributed by atoms with Gasteiger partial charge >= 0.3 is 6.18 Å². The Morgan fingerprint density at radius 2 is 2.00 bits per heavy atom. The molecule has 0 aliphatic heterocycles. The van der Waals surface area contributed by atoms with Crippen molar-refractivity contribution in [2.45, 2.75) is 33.1 Å². The first-order valence-corrected chi connectivity index (χ1v) is 5.53. The molecule has 0 aliphatic carbocycles. The molecule has 0 saturated carbocycles. The van der Waals surface area contributed by atoms with Crippen LogP contribution in [0.25, 0.3) is 0 Å². The largest absolute Gasteiger partial charge is 0.411 e. The minimum Gasteiger partial charge on any atom is -0.384 e. The van der Waals surface area contributed by atoms with Crippen LogP contribution in [0.2, 0.25) is 0 Å². The summed E-state index contributed by atoms with van der Waals surface area (Å²) in [5, 5.41) is 0. The first-order valence-electron chi connectivity index (χ1n) is 5.53. The molecule has 0 bridgehead atoms. The normalized spacial score (nSPS) is 12.1. The van der Waals surface area contributed by atoms with Gasteiger partial charge in [-0.3, -0.25) is 0 Å². The molecule has 0 atom stereocenters. The fourth-order valence-corrected chi connectivity index (χ4v) is 1.42. The van der Waals surface area contributed by atoms with Gasteiger partial charge in [0, 0.05) is 11.8 Å². The predicted molar refractivity (Wildman–Crippen MR) is 60.7 cm³/mol. The Morgan fingerprint density at radius 1 is 1.33 bits per heavy atom. The number of halogens is 3. The van der Waals surface area contributed by atoms with Crippen molar-refractivity contribution in [3.05, 3.63) is 17.6 Å². The molecule has 102 valence electrons. The van der Waals surface area contributed by atoms with Crippen LogP contribution in [0.4, 0.5) is 19.0 Å². The summed E-state index contributed by atoms with van der Waals surface area (Å²) in [6, 6.07) is 1.62. The molecule has 1 aromatic rings. The summed E-state index contributed by atoms with van der Waals surface area (Å²) in [5.74, 6) is 0.796. The first-order chi connectivity index (χ1) is 8.26. The van der Waals surface area contributed by atoms with Gasteiger partial charge in [0.1, 0.15) is 19.0 Å². The van der Waals surface area contributed by atoms with Gasteiger partial charge in [-0.15, -0.1) is 0 Å². The van der Waals surface area contributed by atoms with E-state index in [2.05, 4.69) is 14.7 Å². The molecule has 0 radical (unpaired) electrons. The molecule has 0 fully saturated rings. The van der Waals surface area contributed by atoms with Gasteiger partial charge in [0.15, 0.2) is 5.82 Å². The van der Waals surface area contributed by atoms with Crippen LogP contribution in [0.5, 0.6) is 0 Å². The van der Waals surface area contributed by atoms with E-state index in [0.29, 0.717) is 18.0 Å². The van der Waals surface area contributed by atoms with E-state index in [1.165, 1.54) is 0 Å². The lowest BCUT2D eigenvalue weighted by Crippen LogP contribution is -2.17. The molecule has 0 unspecified atom stereocenters. The highest BCUT2D eigenvalue weighted by Gasteiger charge is 2.27. The molecular formula is C11H16F3N3O. The van der Waals surface area contributed by atoms with Crippen molar-refractivity contribution in [3.8, 4) is 0 Å². The van der Waals surface area contributed by atoms with E-state index in [-0.39, 0.29) is 18.2 Å². The third kappa shape index (κ3) is 5.81. The van der Waals surface area contributed by atoms with Gasteiger partial charge in [-0.2, -0.15) is 13.2 Å². The Balaban J connectivity index is 2.62. The fourth-order valence-electron chi connectivity index (χ4n) is 1.42. The fraction of sp³-hybridized carbons (Fsp3) is 0.636. The minimum atomic E-state index is -4.35. The maximum Gasteiger partial charge on any atom is 0.411 e. The number of hydrogen-bond donors (Lipinski definition) is 1. The lowest BCUT2D eigenvalue weighted by molar-refractivity contribution is -0.177. The zero-order chi connectivity index (χ0) is 13.8. The number of nitrogens with two attached hydrogens (primary N) is 1. The van der Waals surface area contributed by atoms with Crippen LogP contribution in [0.1, 0.15) is 25.4 Å². The van der Waals surface area contributed by atoms with Crippen LogP contribution < -0.4 is 5.73 Å². The first kappa shape index (κ1) is 14.7. The number of alkyl halides is 3. The monoisotopic (exact) mass is 263 g/mol. The molecular weight excluding hydrogens is 247 g/mol. The third-order valence-corrected chi connectivity index (χ3v) is 1.96. The lowest BCUT2D eigenvalue weighted by Gasteiger charge is -2.09. The Kier molecular flexibility index (Phi) is 4.89. The van der Waals surface area contributed by atoms with E-state index >= 15 is 0 Å². The van der Waals surface area contributed by atoms with Crippen molar-refractivity contribution >= 4 is 5.82 Å². The van der Waals surface area contributed by atoms with Crippen molar-refractivity contribution in [1.29, 1.82) is 0 Å². The number of rotatable bonds is 5. The summed E-state index contributed by atoms with van der Waals surface area (Å²) in [6.07, 6.45) is -3.65. The Labute approximate surface area is 103 Å². The number of hydrogen-bond acceptors (Lipinski definition) is 4. The van der Waals surface area contributed by atoms with Gasteiger partial charge in [0.25, 0.3) is 0 Å². The van der Waals surface area contributed by atoms with Gasteiger partial charge in [-0.1, -0.05) is 13.8 Å². The van der Waals surface area contributed by atoms with Crippen LogP contribution in [0.15, 0.2) is 6.07 Å². The van der Waals surface area contributed by atoms with Crippen LogP contribution in [0, 0.1) is 5.92 Å². The zero-order valence-corrected chi connectivity index (χ0v) is 10.3. The smallest absolute Gasteiger partial charge is 0.384 e. The Bertz CT molecular complexity index is 394. The Hall–Kier alpha value is -1.37. The van der Waals surface area contributed by atoms with Gasteiger partial charge in [0.05, 0.1) is 0 Å². The number of aromatic nitrogens is 2. The van der Waals surface area contributed by atoms with Crippen molar-refractivity contribution in [2.24, 2.45) is 5.92 Å². The van der Waals surface area contributed by atoms with E-state index in [9.17, 15) is 13.2 Å². The topological polar surface area (TPSA) is 61.0 Å². The lowest BCUT2D eigenvalue weighted by atomic mass is 10.1. The summed E-state index contributed by atoms with van der Waals surface area (Å²) in [6.45, 7) is 2.41. The molecule has 7 heteroatoms. The minimum absolute atomic E-state index is 0.176. The zero-order valence-electron chi connectivity index (χ0n) is 10.3. The number of anilines is 1. The molecule has 2 N–H and O–H groups in total. The second-order valence-corrected chi connectivity index (χ2v) is 4.41. The Morgan fingerprint density at radius 3 is 2.56 bits per heavy atom. The summed E-state index contributed by atoms with van der Waals surface area (Å²) in [5.41, 5.74) is 6.27. The second kappa shape index (κ2) is 5.99. The van der Waals surface area contributed by atoms with Crippen LogP contribution in [-0.2, 0) is 17.8 Å². The van der Waals surface area contributed by atoms with Crippen molar-refractivity contribution in [2.75, 3.05) is 12.3 Å². The SMILES string of the molecule is CC(C)Cc1cc(N)nc(COCC(F)(F)F)n1. The highest BCUT2D eigenvalue weighted by atomic mass is 19.4. The predicted octanol–water partition coefficient (Wildman–Crippen LogP) is 2.34. The quantitative estimate of drug-likeness (QED) is 0.885. The van der Waals surface area contributed by atoms with Gasteiger partial charge in [-0.25, -0.2) is 9.97 Å². The molecule has 18 heavy (non-hydrogen) atoms. The van der Waals surface area contributed by atoms with Crippen LogP contribution >= 0.6 is 0 Å². The molecule has 0 saturated heterocycles. The van der Waals surface area contributed by atoms with E-state index in [0.717, 1.165) is 0 Å². The van der Waals surface area contributed by atoms with Crippen molar-refractivity contribution < 1.29 is 17.9 Å². The molecule has 0 aliphatic rings. The molecule has 0 amide bonds. The van der Waals surface area contributed by atoms with Crippen LogP contribution in [0.3, 0.4) is 0 Å². The molecule has 0 aromatic carbocycles. The molecule has 4 nitrogen and oxygen atoms in total. The standard InChI is InChI=1S/C11H16F3N3O/c1-7(2)3-8-4-9(15)17-10(16-8)5-18-6-11(12,13)14/h4,7H,3,5-6H2,1-2H3,(H2,15,16,17). The highest BCUT2D eigenvalue weighted by molar-refractivity contribution is 5.29. The molecule has 1 rings (SSSR count). The third-order valence-electron chi connectivity index (χ3n) is 1.96. The number of ether oxygens (including phenoxy) is 1. The molecule has 0 spiro atoms. The van der Waals surface area contributed by atoms with E-state index in [4.69, 9.17) is 5.73 Å². The van der Waals surface area contributed by atoms with Crippen molar-refractivity contribution in [1.82, 2.24) is 9.97 Å². The maximum absolute atomic E-state index is 11.9. The summed E-state index contributed by atoms with van der Waals surface area (Å²) < 4.78 is 40.2. The second-order valence-electron chi connectivity index (χ2n) is 4.41. The number of nitrogen functional groups attached to an aromatic ring is 1. The maximum atomic E-state index is 11.9. The van der Waals surface area contributed by atoms with E-state index in [1.807, 2.05) is 13.8 Å².